The molecule has 4 N–H and O–H groups in total. The molecule has 2 aliphatic heterocycles. The van der Waals surface area contributed by atoms with E-state index in [1.165, 1.54) is 4.90 Å². The minimum atomic E-state index is -4.38. The highest BCUT2D eigenvalue weighted by Gasteiger charge is 2.64. The zero-order chi connectivity index (χ0) is 37.4. The van der Waals surface area contributed by atoms with E-state index < -0.39 is 80.8 Å². The Balaban J connectivity index is 1.33. The molecule has 0 unspecified atom stereocenters. The molecule has 16 heteroatoms. The number of sulfonamides is 1. The predicted octanol–water partition coefficient (Wildman–Crippen LogP) is 3.45. The standard InChI is InChI=1S/C36H46FN5O9S/c1-4-50-25-9-10-27-23(16-25)11-14-38-31(27)51-26-17-28-30(43)40-36(33(45)41-52(48,49)35(20-37)12-13-35)18-24(36)8-6-5-7-21(2)15-22(3)29(39-34(46)47)32(44)42(28)19-26/h6,8-11,14,16,21-22,24,26,28-29,39H,4-5,7,12-13,15,17-20H2,1-3H3,(H,40,43)(H,41,45)(H,46,47)/b8-6-/t21-,22+,24+,26+,28-,29-,36+/m0/s1. The summed E-state index contributed by atoms with van der Waals surface area (Å²) < 4.78 is 52.3. The number of benzene rings is 1. The first kappa shape index (κ1) is 37.3. The molecule has 2 saturated carbocycles. The van der Waals surface area contributed by atoms with Crippen molar-refractivity contribution < 1.29 is 46.6 Å². The van der Waals surface area contributed by atoms with Crippen LogP contribution in [0.1, 0.15) is 65.7 Å². The first-order chi connectivity index (χ1) is 24.7. The van der Waals surface area contributed by atoms with Crippen LogP contribution in [0.2, 0.25) is 0 Å². The second-order valence-corrected chi connectivity index (χ2v) is 16.8. The lowest BCUT2D eigenvalue weighted by Crippen LogP contribution is -2.59. The van der Waals surface area contributed by atoms with Crippen LogP contribution >= 0.6 is 0 Å². The summed E-state index contributed by atoms with van der Waals surface area (Å²) in [5.74, 6) is -2.29. The normalized spacial score (nSPS) is 30.8. The molecule has 0 radical (unpaired) electrons. The summed E-state index contributed by atoms with van der Waals surface area (Å²) in [7, 11) is -4.38. The van der Waals surface area contributed by atoms with Gasteiger partial charge in [-0.3, -0.25) is 19.1 Å². The molecule has 2 aliphatic carbocycles. The molecule has 282 valence electrons. The van der Waals surface area contributed by atoms with Crippen LogP contribution in [0.5, 0.6) is 11.6 Å². The van der Waals surface area contributed by atoms with Crippen LogP contribution in [0, 0.1) is 17.8 Å². The smallest absolute Gasteiger partial charge is 0.405 e. The van der Waals surface area contributed by atoms with Gasteiger partial charge in [0.05, 0.1) is 13.2 Å². The summed E-state index contributed by atoms with van der Waals surface area (Å²) in [6.45, 7) is 4.92. The van der Waals surface area contributed by atoms with Gasteiger partial charge >= 0.3 is 6.09 Å². The maximum absolute atomic E-state index is 14.3. The van der Waals surface area contributed by atoms with Crippen LogP contribution in [0.15, 0.2) is 42.6 Å². The van der Waals surface area contributed by atoms with Crippen LogP contribution in [0.4, 0.5) is 9.18 Å². The van der Waals surface area contributed by atoms with Crippen LogP contribution in [-0.4, -0.2) is 95.5 Å². The first-order valence-corrected chi connectivity index (χ1v) is 19.3. The molecule has 0 bridgehead atoms. The third kappa shape index (κ3) is 7.39. The summed E-state index contributed by atoms with van der Waals surface area (Å²) in [4.78, 5) is 60.1. The van der Waals surface area contributed by atoms with E-state index in [-0.39, 0.29) is 44.0 Å². The predicted molar refractivity (Wildman–Crippen MR) is 188 cm³/mol. The number of hydrogen-bond acceptors (Lipinski definition) is 9. The van der Waals surface area contributed by atoms with Gasteiger partial charge in [-0.1, -0.05) is 26.0 Å². The van der Waals surface area contributed by atoms with Crippen molar-refractivity contribution in [1.82, 2.24) is 25.2 Å². The maximum atomic E-state index is 14.3. The van der Waals surface area contributed by atoms with Crippen molar-refractivity contribution >= 4 is 44.6 Å². The summed E-state index contributed by atoms with van der Waals surface area (Å²) in [6, 6.07) is 4.83. The number of fused-ring (bicyclic) bond motifs is 3. The number of nitrogens with one attached hydrogen (secondary N) is 3. The zero-order valence-electron chi connectivity index (χ0n) is 29.5. The van der Waals surface area contributed by atoms with E-state index in [9.17, 15) is 37.1 Å². The molecule has 14 nitrogen and oxygen atoms in total. The fourth-order valence-corrected chi connectivity index (χ4v) is 8.95. The molecule has 1 aromatic heterocycles. The lowest BCUT2D eigenvalue weighted by Gasteiger charge is -2.32. The molecule has 4 amide bonds. The van der Waals surface area contributed by atoms with E-state index in [2.05, 4.69) is 20.3 Å². The van der Waals surface area contributed by atoms with Crippen LogP contribution < -0.4 is 24.8 Å². The number of aromatic nitrogens is 1. The number of carbonyl (C=O) groups excluding carboxylic acids is 3. The minimum absolute atomic E-state index is 0.0291. The number of halogens is 1. The van der Waals surface area contributed by atoms with Crippen LogP contribution in [0.3, 0.4) is 0 Å². The Hall–Kier alpha value is -4.47. The van der Waals surface area contributed by atoms with Gasteiger partial charge in [0.2, 0.25) is 27.7 Å². The second kappa shape index (κ2) is 14.5. The van der Waals surface area contributed by atoms with Gasteiger partial charge in [-0.15, -0.1) is 0 Å². The van der Waals surface area contributed by atoms with Gasteiger partial charge in [0.15, 0.2) is 0 Å². The van der Waals surface area contributed by atoms with E-state index in [0.29, 0.717) is 37.0 Å². The number of alkyl halides is 1. The highest BCUT2D eigenvalue weighted by Crippen LogP contribution is 2.48. The summed E-state index contributed by atoms with van der Waals surface area (Å²) in [5.41, 5.74) is -1.66. The molecule has 7 atom stereocenters. The Labute approximate surface area is 301 Å². The van der Waals surface area contributed by atoms with Crippen molar-refractivity contribution in [3.8, 4) is 11.6 Å². The van der Waals surface area contributed by atoms with Crippen molar-refractivity contribution in [2.24, 2.45) is 17.8 Å². The first-order valence-electron chi connectivity index (χ1n) is 17.8. The van der Waals surface area contributed by atoms with Crippen LogP contribution in [-0.2, 0) is 24.4 Å². The Morgan fingerprint density at radius 3 is 2.63 bits per heavy atom. The molecule has 3 heterocycles. The van der Waals surface area contributed by atoms with Gasteiger partial charge in [0.1, 0.15) is 40.9 Å². The van der Waals surface area contributed by atoms with Crippen molar-refractivity contribution in [1.29, 1.82) is 0 Å². The molecule has 6 rings (SSSR count). The number of rotatable bonds is 9. The van der Waals surface area contributed by atoms with Crippen molar-refractivity contribution in [3.05, 3.63) is 42.6 Å². The van der Waals surface area contributed by atoms with Crippen molar-refractivity contribution in [3.63, 3.8) is 0 Å². The monoisotopic (exact) mass is 743 g/mol. The Morgan fingerprint density at radius 1 is 1.17 bits per heavy atom. The highest BCUT2D eigenvalue weighted by molar-refractivity contribution is 7.91. The minimum Gasteiger partial charge on any atom is -0.494 e. The molecular weight excluding hydrogens is 697 g/mol. The number of nitrogens with zero attached hydrogens (tertiary/aromatic N) is 2. The summed E-state index contributed by atoms with van der Waals surface area (Å²) in [5, 5.41) is 16.4. The number of carboxylic acid groups (broad SMARTS) is 1. The Bertz CT molecular complexity index is 1870. The molecule has 1 saturated heterocycles. The zero-order valence-corrected chi connectivity index (χ0v) is 30.3. The lowest BCUT2D eigenvalue weighted by molar-refractivity contribution is -0.142. The van der Waals surface area contributed by atoms with E-state index in [1.54, 1.807) is 37.4 Å². The average molecular weight is 744 g/mol. The van der Waals surface area contributed by atoms with E-state index in [1.807, 2.05) is 26.0 Å². The Morgan fingerprint density at radius 2 is 1.94 bits per heavy atom. The molecular formula is C36H46FN5O9S. The van der Waals surface area contributed by atoms with Crippen molar-refractivity contribution in [2.75, 3.05) is 19.8 Å². The number of hydrogen-bond donors (Lipinski definition) is 4. The summed E-state index contributed by atoms with van der Waals surface area (Å²) in [6.07, 6.45) is 5.13. The molecule has 3 fully saturated rings. The SMILES string of the molecule is CCOc1ccc2c(O[C@@H]3C[C@H]4C(=O)N[C@]5(C(=O)NS(=O)(=O)C6(CF)CC6)C[C@H]5/C=C\CC[C@H](C)C[C@@H](C)[C@H](NC(=O)O)C(=O)N4C3)nccc2c1. The quantitative estimate of drug-likeness (QED) is 0.277. The third-order valence-electron chi connectivity index (χ3n) is 10.8. The summed E-state index contributed by atoms with van der Waals surface area (Å²) >= 11 is 0. The van der Waals surface area contributed by atoms with E-state index in [0.717, 1.165) is 5.39 Å². The fraction of sp³-hybridized carbons (Fsp3) is 0.583. The van der Waals surface area contributed by atoms with Gasteiger partial charge in [0.25, 0.3) is 5.91 Å². The maximum Gasteiger partial charge on any atom is 0.405 e. The fourth-order valence-electron chi connectivity index (χ4n) is 7.52. The van der Waals surface area contributed by atoms with Gasteiger partial charge in [-0.05, 0) is 86.9 Å². The molecule has 4 aliphatic rings. The van der Waals surface area contributed by atoms with Gasteiger partial charge < -0.3 is 30.1 Å². The molecule has 1 aromatic carbocycles. The number of allylic oxidation sites excluding steroid dienone is 1. The molecule has 2 aromatic rings. The lowest BCUT2D eigenvalue weighted by atomic mass is 9.88. The highest BCUT2D eigenvalue weighted by atomic mass is 32.2. The number of carbonyl (C=O) groups is 4. The van der Waals surface area contributed by atoms with Crippen molar-refractivity contribution in [2.45, 2.75) is 94.2 Å². The largest absolute Gasteiger partial charge is 0.494 e. The van der Waals surface area contributed by atoms with Gasteiger partial charge in [0, 0.05) is 23.9 Å². The molecule has 52 heavy (non-hydrogen) atoms. The number of amides is 4. The van der Waals surface area contributed by atoms with Gasteiger partial charge in [-0.25, -0.2) is 22.6 Å². The topological polar surface area (TPSA) is 193 Å². The molecule has 0 spiro atoms. The number of ether oxygens (including phenoxy) is 2. The third-order valence-corrected chi connectivity index (χ3v) is 12.9. The average Bonchev–Trinajstić information content (AvgIpc) is 4.00. The number of pyridine rings is 1. The van der Waals surface area contributed by atoms with E-state index in [4.69, 9.17) is 9.47 Å². The second-order valence-electron chi connectivity index (χ2n) is 14.7. The Kier molecular flexibility index (Phi) is 10.4. The van der Waals surface area contributed by atoms with E-state index >= 15 is 0 Å². The van der Waals surface area contributed by atoms with Gasteiger partial charge in [-0.2, -0.15) is 0 Å². The van der Waals surface area contributed by atoms with Crippen LogP contribution in [0.25, 0.3) is 10.8 Å².